The van der Waals surface area contributed by atoms with Gasteiger partial charge in [-0.25, -0.2) is 9.97 Å². The third-order valence-electron chi connectivity index (χ3n) is 8.63. The molecule has 324 valence electrons. The fraction of sp³-hybridized carbons (Fsp3) is 0.150. The molecule has 4 aromatic heterocycles. The molecule has 62 heavy (non-hydrogen) atoms. The van der Waals surface area contributed by atoms with Gasteiger partial charge in [-0.05, 0) is 69.1 Å². The Morgan fingerprint density at radius 3 is 1.34 bits per heavy atom. The standard InChI is InChI=1S/2C20H15Cl3N2OS.2HNO3/c2*21-14-4-5-16(18(23)8-14)19(9-25-7-6-24-12-25)26-10-13-11-27-20-15(13)2-1-3-17(20)22;2*2-1(3)4/h2*1-8,11-12,19H,9-10H2;2*(H,2,3,4). The van der Waals surface area contributed by atoms with Crippen molar-refractivity contribution in [3.63, 3.8) is 0 Å². The first-order chi connectivity index (χ1) is 29.7. The van der Waals surface area contributed by atoms with Crippen molar-refractivity contribution in [2.24, 2.45) is 0 Å². The van der Waals surface area contributed by atoms with Crippen LogP contribution in [0.4, 0.5) is 0 Å². The third-order valence-corrected chi connectivity index (χ3v) is 12.8. The number of benzene rings is 4. The Hall–Kier alpha value is -4.72. The van der Waals surface area contributed by atoms with Gasteiger partial charge in [0.2, 0.25) is 0 Å². The molecular formula is C40H32Cl6N6O8S2. The van der Waals surface area contributed by atoms with E-state index in [1.54, 1.807) is 59.9 Å². The summed E-state index contributed by atoms with van der Waals surface area (Å²) in [6, 6.07) is 22.8. The first-order valence-electron chi connectivity index (χ1n) is 17.7. The van der Waals surface area contributed by atoms with Crippen LogP contribution in [0.3, 0.4) is 0 Å². The topological polar surface area (TPSA) is 181 Å². The van der Waals surface area contributed by atoms with E-state index in [1.165, 1.54) is 0 Å². The van der Waals surface area contributed by atoms with Gasteiger partial charge >= 0.3 is 0 Å². The summed E-state index contributed by atoms with van der Waals surface area (Å²) in [5.74, 6) is 0. The fourth-order valence-corrected chi connectivity index (χ4v) is 9.53. The van der Waals surface area contributed by atoms with Crippen molar-refractivity contribution < 1.29 is 30.1 Å². The monoisotopic (exact) mass is 998 g/mol. The zero-order valence-electron chi connectivity index (χ0n) is 31.6. The molecule has 2 unspecified atom stereocenters. The van der Waals surface area contributed by atoms with Crippen LogP contribution in [-0.2, 0) is 35.8 Å². The zero-order chi connectivity index (χ0) is 44.8. The predicted octanol–water partition coefficient (Wildman–Crippen LogP) is 13.3. The fourth-order valence-electron chi connectivity index (χ4n) is 5.93. The predicted molar refractivity (Wildman–Crippen MR) is 244 cm³/mol. The first kappa shape index (κ1) is 48.3. The van der Waals surface area contributed by atoms with E-state index in [1.807, 2.05) is 70.1 Å². The van der Waals surface area contributed by atoms with Crippen molar-refractivity contribution in [2.75, 3.05) is 0 Å². The maximum atomic E-state index is 8.36. The summed E-state index contributed by atoms with van der Waals surface area (Å²) in [6.45, 7) is 2.12. The van der Waals surface area contributed by atoms with Gasteiger partial charge in [-0.1, -0.05) is 106 Å². The van der Waals surface area contributed by atoms with Crippen molar-refractivity contribution in [3.05, 3.63) is 194 Å². The maximum absolute atomic E-state index is 8.36. The number of hydrogen-bond acceptors (Lipinski definition) is 10. The Labute approximate surface area is 391 Å². The molecule has 0 saturated heterocycles. The number of rotatable bonds is 12. The molecule has 2 N–H and O–H groups in total. The summed E-state index contributed by atoms with van der Waals surface area (Å²) in [7, 11) is 0. The number of aromatic nitrogens is 4. The van der Waals surface area contributed by atoms with Gasteiger partial charge in [-0.15, -0.1) is 42.9 Å². The molecule has 8 aromatic rings. The molecule has 4 heterocycles. The van der Waals surface area contributed by atoms with Crippen LogP contribution in [0.1, 0.15) is 34.5 Å². The minimum absolute atomic E-state index is 0.238. The maximum Gasteiger partial charge on any atom is 0.291 e. The van der Waals surface area contributed by atoms with Gasteiger partial charge in [0.1, 0.15) is 12.2 Å². The number of ether oxygens (including phenoxy) is 2. The van der Waals surface area contributed by atoms with E-state index in [9.17, 15) is 0 Å². The largest absolute Gasteiger partial charge is 0.367 e. The molecule has 0 aliphatic rings. The van der Waals surface area contributed by atoms with Crippen LogP contribution in [0.15, 0.2) is 121 Å². The molecule has 0 radical (unpaired) electrons. The summed E-state index contributed by atoms with van der Waals surface area (Å²) in [4.78, 5) is 24.9. The van der Waals surface area contributed by atoms with Crippen LogP contribution in [-0.4, -0.2) is 39.7 Å². The quantitative estimate of drug-likeness (QED) is 0.0883. The van der Waals surface area contributed by atoms with Gasteiger partial charge in [0.05, 0.1) is 58.4 Å². The summed E-state index contributed by atoms with van der Waals surface area (Å²) < 4.78 is 18.7. The van der Waals surface area contributed by atoms with E-state index < -0.39 is 10.2 Å². The van der Waals surface area contributed by atoms with Gasteiger partial charge in [0, 0.05) is 56.0 Å². The summed E-state index contributed by atoms with van der Waals surface area (Å²) >= 11 is 40.8. The number of hydrogen-bond donors (Lipinski definition) is 2. The molecule has 22 heteroatoms. The first-order valence-corrected chi connectivity index (χ1v) is 21.7. The van der Waals surface area contributed by atoms with Gasteiger partial charge in [-0.2, -0.15) is 0 Å². The Balaban J connectivity index is 0.000000200. The van der Waals surface area contributed by atoms with Crippen molar-refractivity contribution in [2.45, 2.75) is 38.5 Å². The zero-order valence-corrected chi connectivity index (χ0v) is 37.8. The van der Waals surface area contributed by atoms with E-state index in [4.69, 9.17) is 110 Å². The highest BCUT2D eigenvalue weighted by atomic mass is 35.5. The van der Waals surface area contributed by atoms with Gasteiger partial charge < -0.3 is 29.0 Å². The molecule has 0 spiro atoms. The van der Waals surface area contributed by atoms with E-state index in [-0.39, 0.29) is 12.2 Å². The van der Waals surface area contributed by atoms with Crippen molar-refractivity contribution >= 4 is 112 Å². The minimum Gasteiger partial charge on any atom is -0.367 e. The lowest BCUT2D eigenvalue weighted by molar-refractivity contribution is -0.742. The number of nitrogens with zero attached hydrogens (tertiary/aromatic N) is 6. The SMILES string of the molecule is Clc1ccc(C(Cn2ccnc2)OCc2csc3c(Cl)cccc23)c(Cl)c1.Clc1ccc(C(Cn2ccnc2)OCc2csc3c(Cl)cccc23)c(Cl)c1.O=[N+]([O-])O.O=[N+]([O-])O. The highest BCUT2D eigenvalue weighted by Crippen LogP contribution is 2.37. The second kappa shape index (κ2) is 23.6. The van der Waals surface area contributed by atoms with Crippen LogP contribution < -0.4 is 0 Å². The number of fused-ring (bicyclic) bond motifs is 2. The Bertz CT molecular complexity index is 2510. The molecule has 0 bridgehead atoms. The van der Waals surface area contributed by atoms with Crippen molar-refractivity contribution in [1.29, 1.82) is 0 Å². The molecule has 0 amide bonds. The average molecular weight is 1000 g/mol. The molecular weight excluding hydrogens is 969 g/mol. The lowest BCUT2D eigenvalue weighted by Gasteiger charge is -2.20. The molecule has 8 rings (SSSR count). The summed E-state index contributed by atoms with van der Waals surface area (Å²) in [5, 5.41) is 37.6. The van der Waals surface area contributed by atoms with E-state index in [0.717, 1.165) is 52.5 Å². The lowest BCUT2D eigenvalue weighted by atomic mass is 10.1. The molecule has 4 aromatic carbocycles. The summed E-state index contributed by atoms with van der Waals surface area (Å²) in [5.41, 5.74) is 4.01. The smallest absolute Gasteiger partial charge is 0.291 e. The average Bonchev–Trinajstić information content (AvgIpc) is 4.05. The Kier molecular flexibility index (Phi) is 18.4. The molecule has 14 nitrogen and oxygen atoms in total. The lowest BCUT2D eigenvalue weighted by Crippen LogP contribution is -2.12. The number of halogens is 6. The van der Waals surface area contributed by atoms with Crippen LogP contribution in [0.25, 0.3) is 20.2 Å². The van der Waals surface area contributed by atoms with Crippen molar-refractivity contribution in [3.8, 4) is 0 Å². The van der Waals surface area contributed by atoms with Crippen molar-refractivity contribution in [1.82, 2.24) is 19.1 Å². The molecule has 2 atom stereocenters. The summed E-state index contributed by atoms with van der Waals surface area (Å²) in [6.07, 6.45) is 10.3. The van der Waals surface area contributed by atoms with Crippen LogP contribution in [0.2, 0.25) is 30.1 Å². The second-order valence-corrected chi connectivity index (χ2v) is 16.9. The minimum atomic E-state index is -1.50. The van der Waals surface area contributed by atoms with Crippen LogP contribution in [0, 0.1) is 20.2 Å². The van der Waals surface area contributed by atoms with E-state index >= 15 is 0 Å². The third kappa shape index (κ3) is 14.2. The Morgan fingerprint density at radius 2 is 1.00 bits per heavy atom. The Morgan fingerprint density at radius 1 is 0.613 bits per heavy atom. The van der Waals surface area contributed by atoms with Gasteiger partial charge in [0.15, 0.2) is 0 Å². The van der Waals surface area contributed by atoms with Crippen LogP contribution >= 0.6 is 92.3 Å². The highest BCUT2D eigenvalue weighted by molar-refractivity contribution is 7.18. The van der Waals surface area contributed by atoms with E-state index in [0.29, 0.717) is 46.4 Å². The van der Waals surface area contributed by atoms with Gasteiger partial charge in [0.25, 0.3) is 10.2 Å². The highest BCUT2D eigenvalue weighted by Gasteiger charge is 2.20. The molecule has 0 aliphatic carbocycles. The number of thiophene rings is 2. The van der Waals surface area contributed by atoms with Gasteiger partial charge in [-0.3, -0.25) is 0 Å². The van der Waals surface area contributed by atoms with Crippen LogP contribution in [0.5, 0.6) is 0 Å². The molecule has 0 fully saturated rings. The number of imidazole rings is 2. The molecule has 0 aliphatic heterocycles. The normalized spacial score (nSPS) is 11.7. The van der Waals surface area contributed by atoms with E-state index in [2.05, 4.69) is 32.9 Å². The second-order valence-electron chi connectivity index (χ2n) is 12.7. The molecule has 0 saturated carbocycles.